The highest BCUT2D eigenvalue weighted by molar-refractivity contribution is 5.99. The van der Waals surface area contributed by atoms with Gasteiger partial charge in [0.05, 0.1) is 34.7 Å². The zero-order valence-electron chi connectivity index (χ0n) is 20.3. The Balaban J connectivity index is 1.58. The summed E-state index contributed by atoms with van der Waals surface area (Å²) in [6, 6.07) is 29.9. The van der Waals surface area contributed by atoms with Crippen LogP contribution in [-0.2, 0) is 0 Å². The lowest BCUT2D eigenvalue weighted by Gasteiger charge is -2.10. The molecule has 3 N–H and O–H groups in total. The second-order valence-corrected chi connectivity index (χ2v) is 7.95. The van der Waals surface area contributed by atoms with E-state index in [9.17, 15) is 0 Å². The number of hydrogen-bond acceptors (Lipinski definition) is 9. The number of nitrogens with zero attached hydrogens (tertiary/aromatic N) is 6. The number of nitriles is 2. The number of hydrogen-bond donors (Lipinski definition) is 3. The highest BCUT2D eigenvalue weighted by Gasteiger charge is 2.07. The predicted octanol–water partition coefficient (Wildman–Crippen LogP) is 5.64. The van der Waals surface area contributed by atoms with Gasteiger partial charge in [-0.3, -0.25) is 10.9 Å². The summed E-state index contributed by atoms with van der Waals surface area (Å²) in [5.74, 6) is 1.27. The Kier molecular flexibility index (Phi) is 7.80. The summed E-state index contributed by atoms with van der Waals surface area (Å²) in [7, 11) is 0. The minimum atomic E-state index is 0.358. The van der Waals surface area contributed by atoms with Crippen LogP contribution >= 0.6 is 0 Å². The molecule has 9 heteroatoms. The lowest BCUT2D eigenvalue weighted by molar-refractivity contribution is 1.12. The van der Waals surface area contributed by atoms with Crippen molar-refractivity contribution in [2.75, 3.05) is 16.2 Å². The van der Waals surface area contributed by atoms with Crippen LogP contribution in [0.25, 0.3) is 0 Å². The van der Waals surface area contributed by atoms with Crippen molar-refractivity contribution in [2.24, 2.45) is 10.2 Å². The maximum atomic E-state index is 9.00. The molecule has 0 aliphatic carbocycles. The number of nitrogens with one attached hydrogen (secondary N) is 3. The van der Waals surface area contributed by atoms with Crippen molar-refractivity contribution in [3.63, 3.8) is 0 Å². The van der Waals surface area contributed by atoms with Crippen LogP contribution in [0.2, 0.25) is 0 Å². The van der Waals surface area contributed by atoms with Gasteiger partial charge in [0, 0.05) is 11.8 Å². The summed E-state index contributed by atoms with van der Waals surface area (Å²) in [6.07, 6.45) is 0. The Morgan fingerprint density at radius 2 is 1.14 bits per heavy atom. The van der Waals surface area contributed by atoms with Gasteiger partial charge in [0.25, 0.3) is 0 Å². The number of benzene rings is 3. The molecular formula is C28H23N9. The maximum absolute atomic E-state index is 9.00. The number of para-hydroxylation sites is 1. The number of anilines is 4. The second-order valence-electron chi connectivity index (χ2n) is 7.95. The molecule has 0 saturated carbocycles. The normalized spacial score (nSPS) is 11.2. The highest BCUT2D eigenvalue weighted by Crippen LogP contribution is 2.19. The third kappa shape index (κ3) is 6.75. The molecule has 3 aromatic carbocycles. The van der Waals surface area contributed by atoms with E-state index in [0.717, 1.165) is 28.2 Å². The summed E-state index contributed by atoms with van der Waals surface area (Å²) in [4.78, 5) is 9.05. The lowest BCUT2D eigenvalue weighted by atomic mass is 10.1. The van der Waals surface area contributed by atoms with Gasteiger partial charge in [-0.2, -0.15) is 30.7 Å². The molecule has 0 saturated heterocycles. The number of hydrazone groups is 2. The zero-order chi connectivity index (χ0) is 26.0. The average Bonchev–Trinajstić information content (AvgIpc) is 2.95. The third-order valence-electron chi connectivity index (χ3n) is 5.30. The molecule has 1 aromatic heterocycles. The molecule has 0 spiro atoms. The van der Waals surface area contributed by atoms with Gasteiger partial charge in [0.15, 0.2) is 11.6 Å². The predicted molar refractivity (Wildman–Crippen MR) is 146 cm³/mol. The largest absolute Gasteiger partial charge is 0.324 e. The van der Waals surface area contributed by atoms with Gasteiger partial charge in [0.2, 0.25) is 5.95 Å². The molecule has 0 aliphatic rings. The molecular weight excluding hydrogens is 462 g/mol. The molecule has 4 aromatic rings. The average molecular weight is 486 g/mol. The van der Waals surface area contributed by atoms with E-state index in [1.54, 1.807) is 30.3 Å². The Morgan fingerprint density at radius 1 is 0.676 bits per heavy atom. The number of rotatable bonds is 8. The molecule has 0 bridgehead atoms. The van der Waals surface area contributed by atoms with E-state index in [2.05, 4.69) is 48.5 Å². The van der Waals surface area contributed by atoms with E-state index in [1.807, 2.05) is 68.4 Å². The molecule has 4 rings (SSSR count). The first-order chi connectivity index (χ1) is 18.0. The fourth-order valence-electron chi connectivity index (χ4n) is 3.25. The summed E-state index contributed by atoms with van der Waals surface area (Å²) in [6.45, 7) is 3.73. The Labute approximate surface area is 214 Å². The first-order valence-electron chi connectivity index (χ1n) is 11.4. The van der Waals surface area contributed by atoms with Crippen molar-refractivity contribution in [1.82, 2.24) is 9.97 Å². The van der Waals surface area contributed by atoms with Crippen LogP contribution in [-0.4, -0.2) is 21.4 Å². The Morgan fingerprint density at radius 3 is 1.57 bits per heavy atom. The summed E-state index contributed by atoms with van der Waals surface area (Å²) >= 11 is 0. The monoisotopic (exact) mass is 485 g/mol. The van der Waals surface area contributed by atoms with Crippen molar-refractivity contribution in [3.05, 3.63) is 107 Å². The molecule has 0 radical (unpaired) electrons. The molecule has 0 fully saturated rings. The van der Waals surface area contributed by atoms with Gasteiger partial charge in [0.1, 0.15) is 0 Å². The fraction of sp³-hybridized carbons (Fsp3) is 0.0714. The van der Waals surface area contributed by atoms with Crippen LogP contribution in [0.3, 0.4) is 0 Å². The van der Waals surface area contributed by atoms with Gasteiger partial charge < -0.3 is 5.32 Å². The van der Waals surface area contributed by atoms with E-state index in [-0.39, 0.29) is 0 Å². The van der Waals surface area contributed by atoms with E-state index in [0.29, 0.717) is 28.7 Å². The zero-order valence-corrected chi connectivity index (χ0v) is 20.3. The first-order valence-corrected chi connectivity index (χ1v) is 11.4. The molecule has 37 heavy (non-hydrogen) atoms. The molecule has 0 unspecified atom stereocenters. The summed E-state index contributed by atoms with van der Waals surface area (Å²) < 4.78 is 0. The van der Waals surface area contributed by atoms with Gasteiger partial charge in [-0.15, -0.1) is 0 Å². The number of aromatic nitrogens is 2. The SMILES string of the molecule is CC(=NNc1cc(NN=C(C)c2ccc(C#N)cc2)nc(Nc2ccccc2)n1)c1ccc(C#N)cc1. The van der Waals surface area contributed by atoms with Crippen LogP contribution in [0.1, 0.15) is 36.1 Å². The van der Waals surface area contributed by atoms with E-state index in [4.69, 9.17) is 10.5 Å². The molecule has 0 aliphatic heterocycles. The Hall–Kier alpha value is -5.54. The van der Waals surface area contributed by atoms with Crippen LogP contribution in [0.4, 0.5) is 23.3 Å². The highest BCUT2D eigenvalue weighted by atomic mass is 15.4. The van der Waals surface area contributed by atoms with Crippen LogP contribution < -0.4 is 16.2 Å². The van der Waals surface area contributed by atoms with Crippen LogP contribution in [0, 0.1) is 22.7 Å². The minimum Gasteiger partial charge on any atom is -0.324 e. The van der Waals surface area contributed by atoms with Crippen molar-refractivity contribution in [2.45, 2.75) is 13.8 Å². The topological polar surface area (TPSA) is 134 Å². The van der Waals surface area contributed by atoms with E-state index >= 15 is 0 Å². The standard InChI is InChI=1S/C28H23N9/c1-19(23-12-8-21(17-29)9-13-23)34-36-26-16-27(33-28(32-26)31-25-6-4-3-5-7-25)37-35-20(2)24-14-10-22(18-30)11-15-24/h3-16H,1-2H3,(H3,31,32,33,36,37). The first kappa shape index (κ1) is 24.6. The summed E-state index contributed by atoms with van der Waals surface area (Å²) in [5, 5.41) is 30.1. The van der Waals surface area contributed by atoms with Crippen LogP contribution in [0.5, 0.6) is 0 Å². The summed E-state index contributed by atoms with van der Waals surface area (Å²) in [5.41, 5.74) is 11.2. The molecule has 0 atom stereocenters. The van der Waals surface area contributed by atoms with Gasteiger partial charge in [-0.25, -0.2) is 0 Å². The minimum absolute atomic E-state index is 0.358. The Bertz CT molecular complexity index is 1420. The second kappa shape index (κ2) is 11.7. The van der Waals surface area contributed by atoms with Gasteiger partial charge >= 0.3 is 0 Å². The van der Waals surface area contributed by atoms with Crippen molar-refractivity contribution >= 4 is 34.7 Å². The van der Waals surface area contributed by atoms with Gasteiger partial charge in [-0.05, 0) is 61.4 Å². The smallest absolute Gasteiger partial charge is 0.231 e. The molecule has 1 heterocycles. The van der Waals surface area contributed by atoms with Crippen LogP contribution in [0.15, 0.2) is 95.1 Å². The lowest BCUT2D eigenvalue weighted by Crippen LogP contribution is -2.06. The molecule has 180 valence electrons. The van der Waals surface area contributed by atoms with Crippen molar-refractivity contribution in [3.8, 4) is 12.1 Å². The van der Waals surface area contributed by atoms with Crippen molar-refractivity contribution in [1.29, 1.82) is 10.5 Å². The quantitative estimate of drug-likeness (QED) is 0.217. The van der Waals surface area contributed by atoms with Crippen molar-refractivity contribution < 1.29 is 0 Å². The van der Waals surface area contributed by atoms with Gasteiger partial charge in [-0.1, -0.05) is 42.5 Å². The fourth-order valence-corrected chi connectivity index (χ4v) is 3.25. The van der Waals surface area contributed by atoms with E-state index < -0.39 is 0 Å². The van der Waals surface area contributed by atoms with E-state index in [1.165, 1.54) is 0 Å². The maximum Gasteiger partial charge on any atom is 0.231 e. The molecule has 0 amide bonds. The third-order valence-corrected chi connectivity index (χ3v) is 5.30. The molecule has 9 nitrogen and oxygen atoms in total.